The molecule has 3 rings (SSSR count). The van der Waals surface area contributed by atoms with Crippen molar-refractivity contribution in [1.29, 1.82) is 0 Å². The fourth-order valence-corrected chi connectivity index (χ4v) is 3.02. The standard InChI is InChI=1S/C17H13Cl2N3OS/c1-23-13-7-5-11(6-8-13)15-10-24-17(21-15)22-20-9-12-3-2-4-14(18)16(12)19/h2-10H,1H3,(H,21,22)/b20-9-. The molecule has 0 saturated carbocycles. The van der Waals surface area contributed by atoms with E-state index in [9.17, 15) is 0 Å². The Labute approximate surface area is 153 Å². The van der Waals surface area contributed by atoms with Crippen molar-refractivity contribution >= 4 is 45.9 Å². The Morgan fingerprint density at radius 3 is 2.71 bits per heavy atom. The summed E-state index contributed by atoms with van der Waals surface area (Å²) in [5.74, 6) is 0.815. The number of benzene rings is 2. The Morgan fingerprint density at radius 2 is 1.96 bits per heavy atom. The van der Waals surface area contributed by atoms with Crippen LogP contribution in [0.5, 0.6) is 5.75 Å². The summed E-state index contributed by atoms with van der Waals surface area (Å²) >= 11 is 13.5. The number of ether oxygens (including phenoxy) is 1. The predicted octanol–water partition coefficient (Wildman–Crippen LogP) is 5.57. The number of aromatic nitrogens is 1. The molecule has 0 aliphatic carbocycles. The molecule has 0 amide bonds. The number of anilines is 1. The van der Waals surface area contributed by atoms with Crippen molar-refractivity contribution in [2.75, 3.05) is 12.5 Å². The first-order chi connectivity index (χ1) is 11.7. The van der Waals surface area contributed by atoms with Crippen LogP contribution in [0, 0.1) is 0 Å². The van der Waals surface area contributed by atoms with E-state index < -0.39 is 0 Å². The van der Waals surface area contributed by atoms with Gasteiger partial charge in [-0.2, -0.15) is 5.10 Å². The zero-order valence-electron chi connectivity index (χ0n) is 12.7. The van der Waals surface area contributed by atoms with Crippen LogP contribution in [-0.2, 0) is 0 Å². The second-order valence-electron chi connectivity index (χ2n) is 4.78. The van der Waals surface area contributed by atoms with Crippen LogP contribution in [0.25, 0.3) is 11.3 Å². The molecule has 0 saturated heterocycles. The maximum atomic E-state index is 6.11. The number of rotatable bonds is 5. The number of nitrogens with zero attached hydrogens (tertiary/aromatic N) is 2. The topological polar surface area (TPSA) is 46.5 Å². The Bertz CT molecular complexity index is 863. The van der Waals surface area contributed by atoms with E-state index in [0.29, 0.717) is 15.2 Å². The van der Waals surface area contributed by atoms with E-state index >= 15 is 0 Å². The number of hydrogen-bond acceptors (Lipinski definition) is 5. The fraction of sp³-hybridized carbons (Fsp3) is 0.0588. The van der Waals surface area contributed by atoms with Crippen LogP contribution in [-0.4, -0.2) is 18.3 Å². The second-order valence-corrected chi connectivity index (χ2v) is 6.42. The average molecular weight is 378 g/mol. The van der Waals surface area contributed by atoms with Gasteiger partial charge >= 0.3 is 0 Å². The normalized spacial score (nSPS) is 11.0. The minimum Gasteiger partial charge on any atom is -0.497 e. The Kier molecular flexibility index (Phi) is 5.35. The van der Waals surface area contributed by atoms with Crippen LogP contribution < -0.4 is 10.2 Å². The molecule has 0 unspecified atom stereocenters. The van der Waals surface area contributed by atoms with E-state index in [1.807, 2.05) is 41.8 Å². The van der Waals surface area contributed by atoms with Crippen molar-refractivity contribution in [3.8, 4) is 17.0 Å². The lowest BCUT2D eigenvalue weighted by atomic mass is 10.2. The molecule has 24 heavy (non-hydrogen) atoms. The molecule has 4 nitrogen and oxygen atoms in total. The van der Waals surface area contributed by atoms with Gasteiger partial charge in [0.1, 0.15) is 5.75 Å². The minimum atomic E-state index is 0.475. The van der Waals surface area contributed by atoms with Crippen molar-refractivity contribution in [3.05, 3.63) is 63.5 Å². The number of methoxy groups -OCH3 is 1. The van der Waals surface area contributed by atoms with E-state index in [2.05, 4.69) is 15.5 Å². The number of hydrogen-bond donors (Lipinski definition) is 1. The molecule has 0 bridgehead atoms. The van der Waals surface area contributed by atoms with Crippen molar-refractivity contribution in [1.82, 2.24) is 4.98 Å². The van der Waals surface area contributed by atoms with E-state index in [4.69, 9.17) is 27.9 Å². The first kappa shape index (κ1) is 16.8. The number of halogens is 2. The number of nitrogens with one attached hydrogen (secondary N) is 1. The minimum absolute atomic E-state index is 0.475. The first-order valence-corrected chi connectivity index (χ1v) is 8.64. The first-order valence-electron chi connectivity index (χ1n) is 7.00. The fourth-order valence-electron chi connectivity index (χ4n) is 2.00. The van der Waals surface area contributed by atoms with Crippen molar-refractivity contribution in [3.63, 3.8) is 0 Å². The lowest BCUT2D eigenvalue weighted by Crippen LogP contribution is -1.91. The second kappa shape index (κ2) is 7.66. The van der Waals surface area contributed by atoms with Gasteiger partial charge < -0.3 is 4.74 Å². The molecule has 122 valence electrons. The van der Waals surface area contributed by atoms with Gasteiger partial charge in [0.2, 0.25) is 5.13 Å². The van der Waals surface area contributed by atoms with Gasteiger partial charge in [0.05, 0.1) is 29.1 Å². The molecule has 0 aliphatic rings. The number of hydrazone groups is 1. The van der Waals surface area contributed by atoms with Gasteiger partial charge in [-0.05, 0) is 30.3 Å². The molecule has 0 aliphatic heterocycles. The molecule has 0 atom stereocenters. The van der Waals surface area contributed by atoms with Gasteiger partial charge in [-0.25, -0.2) is 4.98 Å². The quantitative estimate of drug-likeness (QED) is 0.466. The van der Waals surface area contributed by atoms with E-state index in [1.54, 1.807) is 19.4 Å². The highest BCUT2D eigenvalue weighted by Crippen LogP contribution is 2.27. The smallest absolute Gasteiger partial charge is 0.203 e. The molecule has 1 aromatic heterocycles. The van der Waals surface area contributed by atoms with Crippen LogP contribution in [0.1, 0.15) is 5.56 Å². The summed E-state index contributed by atoms with van der Waals surface area (Å²) in [6, 6.07) is 13.1. The predicted molar refractivity (Wildman–Crippen MR) is 102 cm³/mol. The molecule has 7 heteroatoms. The summed E-state index contributed by atoms with van der Waals surface area (Å²) in [6.45, 7) is 0. The summed E-state index contributed by atoms with van der Waals surface area (Å²) in [4.78, 5) is 4.50. The monoisotopic (exact) mass is 377 g/mol. The van der Waals surface area contributed by atoms with Gasteiger partial charge in [-0.1, -0.05) is 35.3 Å². The van der Waals surface area contributed by atoms with Gasteiger partial charge in [0.15, 0.2) is 0 Å². The largest absolute Gasteiger partial charge is 0.497 e. The maximum absolute atomic E-state index is 6.11. The van der Waals surface area contributed by atoms with Crippen LogP contribution in [0.2, 0.25) is 10.0 Å². The van der Waals surface area contributed by atoms with Crippen molar-refractivity contribution in [2.24, 2.45) is 5.10 Å². The van der Waals surface area contributed by atoms with Crippen LogP contribution in [0.3, 0.4) is 0 Å². The molecule has 3 aromatic rings. The van der Waals surface area contributed by atoms with Crippen LogP contribution in [0.15, 0.2) is 52.9 Å². The molecule has 0 radical (unpaired) electrons. The van der Waals surface area contributed by atoms with Crippen LogP contribution in [0.4, 0.5) is 5.13 Å². The van der Waals surface area contributed by atoms with Gasteiger partial charge in [-0.3, -0.25) is 5.43 Å². The molecule has 0 spiro atoms. The lowest BCUT2D eigenvalue weighted by Gasteiger charge is -2.00. The van der Waals surface area contributed by atoms with Crippen molar-refractivity contribution < 1.29 is 4.74 Å². The van der Waals surface area contributed by atoms with Gasteiger partial charge in [0.25, 0.3) is 0 Å². The van der Waals surface area contributed by atoms with Crippen molar-refractivity contribution in [2.45, 2.75) is 0 Å². The molecular weight excluding hydrogens is 365 g/mol. The van der Waals surface area contributed by atoms with Crippen LogP contribution >= 0.6 is 34.5 Å². The third-order valence-corrected chi connectivity index (χ3v) is 4.82. The lowest BCUT2D eigenvalue weighted by molar-refractivity contribution is 0.415. The Hall–Kier alpha value is -2.08. The maximum Gasteiger partial charge on any atom is 0.203 e. The highest BCUT2D eigenvalue weighted by atomic mass is 35.5. The zero-order valence-corrected chi connectivity index (χ0v) is 15.0. The van der Waals surface area contributed by atoms with Gasteiger partial charge in [-0.15, -0.1) is 11.3 Å². The van der Waals surface area contributed by atoms with E-state index in [1.165, 1.54) is 11.3 Å². The third kappa shape index (κ3) is 3.87. The summed E-state index contributed by atoms with van der Waals surface area (Å²) < 4.78 is 5.15. The molecule has 1 N–H and O–H groups in total. The molecule has 0 fully saturated rings. The molecule has 1 heterocycles. The van der Waals surface area contributed by atoms with Gasteiger partial charge in [0, 0.05) is 16.5 Å². The third-order valence-electron chi connectivity index (χ3n) is 3.24. The highest BCUT2D eigenvalue weighted by Gasteiger charge is 2.05. The summed E-state index contributed by atoms with van der Waals surface area (Å²) in [7, 11) is 1.64. The summed E-state index contributed by atoms with van der Waals surface area (Å²) in [5, 5.41) is 7.78. The molecule has 2 aromatic carbocycles. The van der Waals surface area contributed by atoms with E-state index in [-0.39, 0.29) is 0 Å². The SMILES string of the molecule is COc1ccc(-c2csc(N/N=C\c3cccc(Cl)c3Cl)n2)cc1. The summed E-state index contributed by atoms with van der Waals surface area (Å²) in [5.41, 5.74) is 5.53. The average Bonchev–Trinajstić information content (AvgIpc) is 3.08. The number of thiazole rings is 1. The Balaban J connectivity index is 1.69. The Morgan fingerprint density at radius 1 is 1.17 bits per heavy atom. The molecular formula is C17H13Cl2N3OS. The highest BCUT2D eigenvalue weighted by molar-refractivity contribution is 7.14. The van der Waals surface area contributed by atoms with E-state index in [0.717, 1.165) is 22.6 Å². The zero-order chi connectivity index (χ0) is 16.9. The summed E-state index contributed by atoms with van der Waals surface area (Å²) in [6.07, 6.45) is 1.61.